The van der Waals surface area contributed by atoms with E-state index in [-0.39, 0.29) is 5.91 Å². The molecule has 0 spiro atoms. The monoisotopic (exact) mass is 282 g/mol. The Morgan fingerprint density at radius 1 is 1.00 bits per heavy atom. The van der Waals surface area contributed by atoms with E-state index in [4.69, 9.17) is 0 Å². The molecule has 0 atom stereocenters. The molecule has 0 saturated heterocycles. The van der Waals surface area contributed by atoms with E-state index in [1.54, 1.807) is 0 Å². The van der Waals surface area contributed by atoms with Crippen LogP contribution in [0.1, 0.15) is 34.8 Å². The average molecular weight is 282 g/mol. The predicted molar refractivity (Wildman–Crippen MR) is 89.1 cm³/mol. The second-order valence-electron chi connectivity index (χ2n) is 5.23. The van der Waals surface area contributed by atoms with Gasteiger partial charge in [-0.2, -0.15) is 0 Å². The standard InChI is InChI=1S/C18H22N2O/c1-4-11-19-16-10-9-15(12-14(16)3)18(21)20-17-8-6-5-7-13(17)2/h5-10,12,19H,4,11H2,1-3H3,(H,20,21). The molecule has 21 heavy (non-hydrogen) atoms. The third kappa shape index (κ3) is 3.85. The summed E-state index contributed by atoms with van der Waals surface area (Å²) in [4.78, 5) is 12.3. The Morgan fingerprint density at radius 2 is 1.76 bits per heavy atom. The molecule has 0 aromatic heterocycles. The maximum absolute atomic E-state index is 12.3. The van der Waals surface area contributed by atoms with Crippen LogP contribution in [0.15, 0.2) is 42.5 Å². The van der Waals surface area contributed by atoms with Crippen LogP contribution in [-0.4, -0.2) is 12.5 Å². The van der Waals surface area contributed by atoms with Crippen LogP contribution in [0.25, 0.3) is 0 Å². The van der Waals surface area contributed by atoms with Crippen LogP contribution < -0.4 is 10.6 Å². The lowest BCUT2D eigenvalue weighted by atomic mass is 10.1. The summed E-state index contributed by atoms with van der Waals surface area (Å²) < 4.78 is 0. The number of benzene rings is 2. The van der Waals surface area contributed by atoms with Gasteiger partial charge in [-0.1, -0.05) is 25.1 Å². The first-order valence-electron chi connectivity index (χ1n) is 7.33. The van der Waals surface area contributed by atoms with Crippen molar-refractivity contribution in [2.24, 2.45) is 0 Å². The van der Waals surface area contributed by atoms with Gasteiger partial charge in [0.1, 0.15) is 0 Å². The van der Waals surface area contributed by atoms with Crippen LogP contribution in [0.4, 0.5) is 11.4 Å². The van der Waals surface area contributed by atoms with Gasteiger partial charge in [0.2, 0.25) is 0 Å². The molecule has 0 aliphatic rings. The lowest BCUT2D eigenvalue weighted by Crippen LogP contribution is -2.13. The number of rotatable bonds is 5. The predicted octanol–water partition coefficient (Wildman–Crippen LogP) is 4.38. The fourth-order valence-corrected chi connectivity index (χ4v) is 2.17. The van der Waals surface area contributed by atoms with E-state index in [1.165, 1.54) is 0 Å². The molecule has 0 radical (unpaired) electrons. The Balaban J connectivity index is 2.13. The van der Waals surface area contributed by atoms with E-state index >= 15 is 0 Å². The molecule has 0 saturated carbocycles. The average Bonchev–Trinajstić information content (AvgIpc) is 2.48. The zero-order chi connectivity index (χ0) is 15.2. The van der Waals surface area contributed by atoms with Gasteiger partial charge in [0, 0.05) is 23.5 Å². The van der Waals surface area contributed by atoms with Crippen LogP contribution >= 0.6 is 0 Å². The second kappa shape index (κ2) is 6.93. The van der Waals surface area contributed by atoms with E-state index in [2.05, 4.69) is 17.6 Å². The van der Waals surface area contributed by atoms with Crippen molar-refractivity contribution in [3.8, 4) is 0 Å². The highest BCUT2D eigenvalue weighted by atomic mass is 16.1. The Labute approximate surface area is 126 Å². The van der Waals surface area contributed by atoms with E-state index < -0.39 is 0 Å². The number of carbonyl (C=O) groups excluding carboxylic acids is 1. The third-order valence-electron chi connectivity index (χ3n) is 3.45. The fourth-order valence-electron chi connectivity index (χ4n) is 2.17. The highest BCUT2D eigenvalue weighted by Gasteiger charge is 2.09. The normalized spacial score (nSPS) is 10.2. The van der Waals surface area contributed by atoms with Gasteiger partial charge in [-0.25, -0.2) is 0 Å². The first-order chi connectivity index (χ1) is 10.1. The smallest absolute Gasteiger partial charge is 0.255 e. The van der Waals surface area contributed by atoms with Gasteiger partial charge in [0.05, 0.1) is 0 Å². The topological polar surface area (TPSA) is 41.1 Å². The Hall–Kier alpha value is -2.29. The van der Waals surface area contributed by atoms with Gasteiger partial charge in [-0.3, -0.25) is 4.79 Å². The number of para-hydroxylation sites is 1. The van der Waals surface area contributed by atoms with Crippen LogP contribution in [0, 0.1) is 13.8 Å². The molecule has 2 aromatic rings. The number of hydrogen-bond donors (Lipinski definition) is 2. The van der Waals surface area contributed by atoms with Crippen LogP contribution in [-0.2, 0) is 0 Å². The molecule has 2 rings (SSSR count). The first-order valence-corrected chi connectivity index (χ1v) is 7.33. The number of anilines is 2. The molecule has 110 valence electrons. The Bertz CT molecular complexity index is 635. The number of nitrogens with one attached hydrogen (secondary N) is 2. The quantitative estimate of drug-likeness (QED) is 0.854. The maximum atomic E-state index is 12.3. The molecule has 1 amide bonds. The van der Waals surface area contributed by atoms with Gasteiger partial charge in [-0.05, 0) is 55.7 Å². The van der Waals surface area contributed by atoms with Crippen molar-refractivity contribution in [2.45, 2.75) is 27.2 Å². The zero-order valence-corrected chi connectivity index (χ0v) is 12.9. The van der Waals surface area contributed by atoms with Crippen molar-refractivity contribution in [3.05, 3.63) is 59.2 Å². The summed E-state index contributed by atoms with van der Waals surface area (Å²) in [5.41, 5.74) is 4.76. The number of aryl methyl sites for hydroxylation is 2. The van der Waals surface area contributed by atoms with Crippen LogP contribution in [0.2, 0.25) is 0 Å². The number of hydrogen-bond acceptors (Lipinski definition) is 2. The van der Waals surface area contributed by atoms with Crippen molar-refractivity contribution in [2.75, 3.05) is 17.2 Å². The van der Waals surface area contributed by atoms with Crippen LogP contribution in [0.3, 0.4) is 0 Å². The molecule has 0 heterocycles. The van der Waals surface area contributed by atoms with Crippen molar-refractivity contribution >= 4 is 17.3 Å². The second-order valence-corrected chi connectivity index (χ2v) is 5.23. The van der Waals surface area contributed by atoms with E-state index in [9.17, 15) is 4.79 Å². The van der Waals surface area contributed by atoms with Gasteiger partial charge in [0.15, 0.2) is 0 Å². The number of carbonyl (C=O) groups is 1. The summed E-state index contributed by atoms with van der Waals surface area (Å²) in [5, 5.41) is 6.31. The molecule has 0 bridgehead atoms. The molecule has 0 aliphatic carbocycles. The molecule has 3 heteroatoms. The third-order valence-corrected chi connectivity index (χ3v) is 3.45. The minimum Gasteiger partial charge on any atom is -0.385 e. The van der Waals surface area contributed by atoms with Crippen molar-refractivity contribution in [1.82, 2.24) is 0 Å². The summed E-state index contributed by atoms with van der Waals surface area (Å²) in [6, 6.07) is 13.5. The van der Waals surface area contributed by atoms with E-state index in [0.29, 0.717) is 5.56 Å². The Morgan fingerprint density at radius 3 is 2.43 bits per heavy atom. The largest absolute Gasteiger partial charge is 0.385 e. The summed E-state index contributed by atoms with van der Waals surface area (Å²) in [7, 11) is 0. The highest BCUT2D eigenvalue weighted by molar-refractivity contribution is 6.05. The SMILES string of the molecule is CCCNc1ccc(C(=O)Nc2ccccc2C)cc1C. The first kappa shape index (κ1) is 15.1. The van der Waals surface area contributed by atoms with Crippen molar-refractivity contribution < 1.29 is 4.79 Å². The molecular weight excluding hydrogens is 260 g/mol. The van der Waals surface area contributed by atoms with E-state index in [0.717, 1.165) is 35.5 Å². The van der Waals surface area contributed by atoms with Crippen LogP contribution in [0.5, 0.6) is 0 Å². The van der Waals surface area contributed by atoms with Crippen molar-refractivity contribution in [3.63, 3.8) is 0 Å². The minimum atomic E-state index is -0.0746. The maximum Gasteiger partial charge on any atom is 0.255 e. The minimum absolute atomic E-state index is 0.0746. The Kier molecular flexibility index (Phi) is 4.99. The number of amides is 1. The van der Waals surface area contributed by atoms with Gasteiger partial charge < -0.3 is 10.6 Å². The molecule has 0 fully saturated rings. The molecule has 3 nitrogen and oxygen atoms in total. The fraction of sp³-hybridized carbons (Fsp3) is 0.278. The summed E-state index contributed by atoms with van der Waals surface area (Å²) in [6.45, 7) is 7.07. The molecule has 2 aromatic carbocycles. The summed E-state index contributed by atoms with van der Waals surface area (Å²) in [6.07, 6.45) is 1.08. The van der Waals surface area contributed by atoms with Gasteiger partial charge in [0.25, 0.3) is 5.91 Å². The van der Waals surface area contributed by atoms with Gasteiger partial charge >= 0.3 is 0 Å². The molecule has 2 N–H and O–H groups in total. The molecular formula is C18H22N2O. The highest BCUT2D eigenvalue weighted by Crippen LogP contribution is 2.19. The molecule has 0 unspecified atom stereocenters. The summed E-state index contributed by atoms with van der Waals surface area (Å²) in [5.74, 6) is -0.0746. The summed E-state index contributed by atoms with van der Waals surface area (Å²) >= 11 is 0. The zero-order valence-electron chi connectivity index (χ0n) is 12.9. The van der Waals surface area contributed by atoms with E-state index in [1.807, 2.05) is 56.3 Å². The molecule has 0 aliphatic heterocycles. The lowest BCUT2D eigenvalue weighted by molar-refractivity contribution is 0.102. The van der Waals surface area contributed by atoms with Crippen molar-refractivity contribution in [1.29, 1.82) is 0 Å². The van der Waals surface area contributed by atoms with Gasteiger partial charge in [-0.15, -0.1) is 0 Å². The lowest BCUT2D eigenvalue weighted by Gasteiger charge is -2.11.